The van der Waals surface area contributed by atoms with E-state index in [9.17, 15) is 9.59 Å². The predicted octanol–water partition coefficient (Wildman–Crippen LogP) is 4.87. The molecule has 0 fully saturated rings. The van der Waals surface area contributed by atoms with E-state index in [0.29, 0.717) is 27.1 Å². The fourth-order valence-corrected chi connectivity index (χ4v) is 3.07. The molecule has 1 aromatic heterocycles. The summed E-state index contributed by atoms with van der Waals surface area (Å²) in [5.41, 5.74) is 0.949. The molecule has 27 heavy (non-hydrogen) atoms. The van der Waals surface area contributed by atoms with Gasteiger partial charge in [-0.3, -0.25) is 9.59 Å². The zero-order valence-electron chi connectivity index (χ0n) is 14.2. The second kappa shape index (κ2) is 8.75. The molecule has 2 amide bonds. The normalized spacial score (nSPS) is 10.4. The summed E-state index contributed by atoms with van der Waals surface area (Å²) in [7, 11) is 0. The maximum atomic E-state index is 13.0. The lowest BCUT2D eigenvalue weighted by atomic mass is 10.2. The molecule has 2 aromatic carbocycles. The Balaban J connectivity index is 1.79. The molecule has 0 spiro atoms. The number of carbonyl (C=O) groups excluding carboxylic acids is 2. The average molecular weight is 403 g/mol. The summed E-state index contributed by atoms with van der Waals surface area (Å²) >= 11 is 12.0. The van der Waals surface area contributed by atoms with Crippen LogP contribution in [0.5, 0.6) is 0 Å². The number of furan rings is 1. The van der Waals surface area contributed by atoms with E-state index in [1.807, 2.05) is 18.2 Å². The van der Waals surface area contributed by atoms with Crippen LogP contribution in [0.25, 0.3) is 0 Å². The van der Waals surface area contributed by atoms with E-state index in [2.05, 4.69) is 5.32 Å². The largest absolute Gasteiger partial charge is 0.467 e. The van der Waals surface area contributed by atoms with Crippen molar-refractivity contribution < 1.29 is 14.0 Å². The Kier molecular flexibility index (Phi) is 6.16. The van der Waals surface area contributed by atoms with Gasteiger partial charge in [-0.15, -0.1) is 0 Å². The van der Waals surface area contributed by atoms with Crippen LogP contribution >= 0.6 is 23.2 Å². The first-order chi connectivity index (χ1) is 13.0. The van der Waals surface area contributed by atoms with Gasteiger partial charge in [-0.25, -0.2) is 0 Å². The van der Waals surface area contributed by atoms with Crippen molar-refractivity contribution >= 4 is 40.7 Å². The van der Waals surface area contributed by atoms with Crippen LogP contribution in [0.2, 0.25) is 10.0 Å². The minimum atomic E-state index is -0.376. The fraction of sp³-hybridized carbons (Fsp3) is 0.100. The molecule has 0 radical (unpaired) electrons. The number of nitrogens with zero attached hydrogens (tertiary/aromatic N) is 1. The molecule has 1 N–H and O–H groups in total. The summed E-state index contributed by atoms with van der Waals surface area (Å²) in [6.45, 7) is -0.0171. The molecule has 0 aliphatic heterocycles. The molecule has 0 atom stereocenters. The molecule has 5 nitrogen and oxygen atoms in total. The summed E-state index contributed by atoms with van der Waals surface area (Å²) in [6.07, 6.45) is 1.51. The number of hydrogen-bond acceptors (Lipinski definition) is 3. The monoisotopic (exact) mass is 402 g/mol. The van der Waals surface area contributed by atoms with E-state index in [1.165, 1.54) is 23.3 Å². The first kappa shape index (κ1) is 19.0. The van der Waals surface area contributed by atoms with Crippen molar-refractivity contribution in [2.24, 2.45) is 0 Å². The highest BCUT2D eigenvalue weighted by Gasteiger charge is 2.21. The van der Waals surface area contributed by atoms with Crippen LogP contribution in [0.1, 0.15) is 16.1 Å². The predicted molar refractivity (Wildman–Crippen MR) is 105 cm³/mol. The molecule has 0 saturated heterocycles. The van der Waals surface area contributed by atoms with E-state index in [4.69, 9.17) is 27.6 Å². The SMILES string of the molecule is O=C(CN(Cc1ccco1)C(=O)c1cc(Cl)cc(Cl)c1)Nc1ccccc1. The number of benzene rings is 2. The maximum Gasteiger partial charge on any atom is 0.254 e. The van der Waals surface area contributed by atoms with E-state index < -0.39 is 0 Å². The molecule has 3 aromatic rings. The third kappa shape index (κ3) is 5.36. The van der Waals surface area contributed by atoms with Gasteiger partial charge in [0.25, 0.3) is 5.91 Å². The number of amides is 2. The Morgan fingerprint density at radius 2 is 1.67 bits per heavy atom. The number of rotatable bonds is 6. The zero-order chi connectivity index (χ0) is 19.2. The Bertz CT molecular complexity index is 907. The summed E-state index contributed by atoms with van der Waals surface area (Å²) in [6, 6.07) is 17.0. The van der Waals surface area contributed by atoms with Crippen molar-refractivity contribution in [3.63, 3.8) is 0 Å². The van der Waals surface area contributed by atoms with Crippen LogP contribution in [0.3, 0.4) is 0 Å². The van der Waals surface area contributed by atoms with Gasteiger partial charge in [-0.1, -0.05) is 41.4 Å². The number of anilines is 1. The van der Waals surface area contributed by atoms with Gasteiger partial charge >= 0.3 is 0 Å². The smallest absolute Gasteiger partial charge is 0.254 e. The lowest BCUT2D eigenvalue weighted by Gasteiger charge is -2.21. The van der Waals surface area contributed by atoms with Crippen LogP contribution in [-0.2, 0) is 11.3 Å². The van der Waals surface area contributed by atoms with E-state index in [0.717, 1.165) is 0 Å². The lowest BCUT2D eigenvalue weighted by Crippen LogP contribution is -2.37. The van der Waals surface area contributed by atoms with E-state index >= 15 is 0 Å². The van der Waals surface area contributed by atoms with Crippen LogP contribution in [0.4, 0.5) is 5.69 Å². The van der Waals surface area contributed by atoms with Crippen molar-refractivity contribution in [1.82, 2.24) is 4.90 Å². The van der Waals surface area contributed by atoms with E-state index in [1.54, 1.807) is 30.3 Å². The molecular formula is C20H16Cl2N2O3. The average Bonchev–Trinajstić information content (AvgIpc) is 3.13. The third-order valence-electron chi connectivity index (χ3n) is 3.72. The van der Waals surface area contributed by atoms with Gasteiger partial charge in [0.05, 0.1) is 12.8 Å². The minimum Gasteiger partial charge on any atom is -0.467 e. The molecule has 0 aliphatic carbocycles. The third-order valence-corrected chi connectivity index (χ3v) is 4.15. The summed E-state index contributed by atoms with van der Waals surface area (Å²) in [5, 5.41) is 3.46. The van der Waals surface area contributed by atoms with Gasteiger partial charge in [-0.05, 0) is 42.5 Å². The molecule has 0 unspecified atom stereocenters. The number of para-hydroxylation sites is 1. The Morgan fingerprint density at radius 1 is 0.963 bits per heavy atom. The molecule has 3 rings (SSSR count). The van der Waals surface area contributed by atoms with Gasteiger partial charge < -0.3 is 14.6 Å². The van der Waals surface area contributed by atoms with Crippen LogP contribution in [0, 0.1) is 0 Å². The molecule has 0 bridgehead atoms. The Hall–Kier alpha value is -2.76. The van der Waals surface area contributed by atoms with Crippen molar-refractivity contribution in [3.8, 4) is 0 Å². The molecular weight excluding hydrogens is 387 g/mol. The maximum absolute atomic E-state index is 13.0. The standard InChI is InChI=1S/C20H16Cl2N2O3/c21-15-9-14(10-16(22)11-15)20(26)24(12-18-7-4-8-27-18)13-19(25)23-17-5-2-1-3-6-17/h1-11H,12-13H2,(H,23,25). The zero-order valence-corrected chi connectivity index (χ0v) is 15.7. The van der Waals surface area contributed by atoms with E-state index in [-0.39, 0.29) is 24.9 Å². The van der Waals surface area contributed by atoms with Crippen LogP contribution in [-0.4, -0.2) is 23.3 Å². The number of nitrogens with one attached hydrogen (secondary N) is 1. The fourth-order valence-electron chi connectivity index (χ4n) is 2.55. The van der Waals surface area contributed by atoms with Crippen LogP contribution in [0.15, 0.2) is 71.3 Å². The molecule has 0 saturated carbocycles. The highest BCUT2D eigenvalue weighted by atomic mass is 35.5. The minimum absolute atomic E-state index is 0.137. The Labute approximate surface area is 166 Å². The van der Waals surface area contributed by atoms with Gasteiger partial charge in [0.2, 0.25) is 5.91 Å². The molecule has 7 heteroatoms. The summed E-state index contributed by atoms with van der Waals surface area (Å²) in [5.74, 6) is -0.141. The quantitative estimate of drug-likeness (QED) is 0.639. The summed E-state index contributed by atoms with van der Waals surface area (Å²) in [4.78, 5) is 26.8. The first-order valence-corrected chi connectivity index (χ1v) is 8.89. The first-order valence-electron chi connectivity index (χ1n) is 8.14. The Morgan fingerprint density at radius 3 is 2.30 bits per heavy atom. The highest BCUT2D eigenvalue weighted by molar-refractivity contribution is 6.35. The van der Waals surface area contributed by atoms with Gasteiger partial charge in [0.15, 0.2) is 0 Å². The van der Waals surface area contributed by atoms with Crippen LogP contribution < -0.4 is 5.32 Å². The van der Waals surface area contributed by atoms with Gasteiger partial charge in [-0.2, -0.15) is 0 Å². The second-order valence-corrected chi connectivity index (χ2v) is 6.69. The van der Waals surface area contributed by atoms with Crippen molar-refractivity contribution in [2.45, 2.75) is 6.54 Å². The molecule has 138 valence electrons. The lowest BCUT2D eigenvalue weighted by molar-refractivity contribution is -0.117. The van der Waals surface area contributed by atoms with Gasteiger partial charge in [0.1, 0.15) is 12.3 Å². The van der Waals surface area contributed by atoms with Crippen molar-refractivity contribution in [1.29, 1.82) is 0 Å². The number of halogens is 2. The summed E-state index contributed by atoms with van der Waals surface area (Å²) < 4.78 is 5.32. The second-order valence-electron chi connectivity index (χ2n) is 5.81. The van der Waals surface area contributed by atoms with Gasteiger partial charge in [0, 0.05) is 21.3 Å². The molecule has 1 heterocycles. The highest BCUT2D eigenvalue weighted by Crippen LogP contribution is 2.21. The molecule has 0 aliphatic rings. The number of carbonyl (C=O) groups is 2. The van der Waals surface area contributed by atoms with Crippen molar-refractivity contribution in [2.75, 3.05) is 11.9 Å². The number of hydrogen-bond donors (Lipinski definition) is 1. The van der Waals surface area contributed by atoms with Crippen molar-refractivity contribution in [3.05, 3.63) is 88.3 Å². The topological polar surface area (TPSA) is 62.6 Å².